The molecule has 0 amide bonds. The molecular weight excluding hydrogens is 406 g/mol. The van der Waals surface area contributed by atoms with Crippen LogP contribution in [0.3, 0.4) is 0 Å². The van der Waals surface area contributed by atoms with E-state index in [0.717, 1.165) is 35.1 Å². The fourth-order valence-electron chi connectivity index (χ4n) is 4.50. The standard InChI is InChI=1S/C27H26F2N2O/c1-27(2,3)19-13-18(12-16-4-8-20(28)9-5-16)25-22(14-19)24(23(15-30)26(31)32-25)17-6-10-21(29)11-7-17/h4-12,19,24H,13-14,31H2,1-3H3/b18-12+. The maximum Gasteiger partial charge on any atom is 0.205 e. The van der Waals surface area contributed by atoms with Crippen molar-refractivity contribution < 1.29 is 13.5 Å². The zero-order chi connectivity index (χ0) is 23.0. The molecular formula is C27H26F2N2O. The van der Waals surface area contributed by atoms with E-state index in [1.807, 2.05) is 6.08 Å². The van der Waals surface area contributed by atoms with Crippen molar-refractivity contribution in [3.05, 3.63) is 99.7 Å². The molecule has 1 aliphatic heterocycles. The highest BCUT2D eigenvalue weighted by Gasteiger charge is 2.41. The molecule has 0 bridgehead atoms. The number of allylic oxidation sites excluding steroid dienone is 3. The molecule has 164 valence electrons. The Morgan fingerprint density at radius 3 is 2.16 bits per heavy atom. The van der Waals surface area contributed by atoms with Crippen molar-refractivity contribution in [3.8, 4) is 6.07 Å². The van der Waals surface area contributed by atoms with Gasteiger partial charge in [0.25, 0.3) is 0 Å². The fraction of sp³-hybridized carbons (Fsp3) is 0.296. The van der Waals surface area contributed by atoms with E-state index in [1.54, 1.807) is 24.3 Å². The van der Waals surface area contributed by atoms with Crippen LogP contribution >= 0.6 is 0 Å². The lowest BCUT2D eigenvalue weighted by molar-refractivity contribution is 0.200. The quantitative estimate of drug-likeness (QED) is 0.584. The van der Waals surface area contributed by atoms with Gasteiger partial charge in [0.05, 0.1) is 0 Å². The number of hydrogen-bond acceptors (Lipinski definition) is 3. The lowest BCUT2D eigenvalue weighted by Gasteiger charge is -2.41. The molecule has 0 radical (unpaired) electrons. The second-order valence-electron chi connectivity index (χ2n) is 9.52. The molecule has 0 saturated heterocycles. The number of nitrogens with zero attached hydrogens (tertiary/aromatic N) is 1. The summed E-state index contributed by atoms with van der Waals surface area (Å²) in [5.74, 6) is 0.00305. The van der Waals surface area contributed by atoms with E-state index >= 15 is 0 Å². The average Bonchev–Trinajstić information content (AvgIpc) is 2.74. The van der Waals surface area contributed by atoms with Crippen LogP contribution < -0.4 is 5.73 Å². The number of nitriles is 1. The van der Waals surface area contributed by atoms with E-state index in [9.17, 15) is 14.0 Å². The highest BCUT2D eigenvalue weighted by atomic mass is 19.1. The molecule has 2 N–H and O–H groups in total. The summed E-state index contributed by atoms with van der Waals surface area (Å²) >= 11 is 0. The Morgan fingerprint density at radius 1 is 1.00 bits per heavy atom. The van der Waals surface area contributed by atoms with Crippen molar-refractivity contribution in [3.63, 3.8) is 0 Å². The molecule has 0 spiro atoms. The Morgan fingerprint density at radius 2 is 1.59 bits per heavy atom. The summed E-state index contributed by atoms with van der Waals surface area (Å²) in [5, 5.41) is 9.88. The maximum absolute atomic E-state index is 13.6. The van der Waals surface area contributed by atoms with E-state index in [2.05, 4.69) is 26.8 Å². The summed E-state index contributed by atoms with van der Waals surface area (Å²) in [6.07, 6.45) is 3.50. The third kappa shape index (κ3) is 4.18. The Labute approximate surface area is 187 Å². The molecule has 2 unspecified atom stereocenters. The molecule has 1 heterocycles. The van der Waals surface area contributed by atoms with E-state index in [0.29, 0.717) is 17.3 Å². The highest BCUT2D eigenvalue weighted by Crippen LogP contribution is 2.51. The number of nitrogens with two attached hydrogens (primary N) is 1. The minimum atomic E-state index is -0.397. The van der Waals surface area contributed by atoms with Crippen LogP contribution in [0.2, 0.25) is 0 Å². The second kappa shape index (κ2) is 8.27. The molecule has 0 fully saturated rings. The largest absolute Gasteiger partial charge is 0.440 e. The van der Waals surface area contributed by atoms with E-state index in [1.165, 1.54) is 24.3 Å². The van der Waals surface area contributed by atoms with Gasteiger partial charge in [0.1, 0.15) is 29.0 Å². The van der Waals surface area contributed by atoms with Gasteiger partial charge >= 0.3 is 0 Å². The Hall–Kier alpha value is -3.39. The normalized spacial score (nSPS) is 22.4. The topological polar surface area (TPSA) is 59.0 Å². The molecule has 2 aromatic carbocycles. The van der Waals surface area contributed by atoms with Crippen LogP contribution in [-0.2, 0) is 4.74 Å². The smallest absolute Gasteiger partial charge is 0.205 e. The van der Waals surface area contributed by atoms with Gasteiger partial charge in [0, 0.05) is 5.92 Å². The minimum Gasteiger partial charge on any atom is -0.440 e. The number of halogens is 2. The van der Waals surface area contributed by atoms with Gasteiger partial charge in [-0.05, 0) is 76.8 Å². The molecule has 32 heavy (non-hydrogen) atoms. The van der Waals surface area contributed by atoms with Gasteiger partial charge in [-0.2, -0.15) is 5.26 Å². The summed E-state index contributed by atoms with van der Waals surface area (Å²) in [6, 6.07) is 14.7. The predicted octanol–water partition coefficient (Wildman–Crippen LogP) is 6.57. The molecule has 3 nitrogen and oxygen atoms in total. The van der Waals surface area contributed by atoms with Gasteiger partial charge in [-0.15, -0.1) is 0 Å². The van der Waals surface area contributed by atoms with E-state index in [4.69, 9.17) is 10.5 Å². The lowest BCUT2D eigenvalue weighted by Crippen LogP contribution is -2.31. The zero-order valence-corrected chi connectivity index (χ0v) is 18.5. The number of ether oxygens (including phenoxy) is 1. The highest BCUT2D eigenvalue weighted by molar-refractivity contribution is 5.62. The summed E-state index contributed by atoms with van der Waals surface area (Å²) in [7, 11) is 0. The van der Waals surface area contributed by atoms with Crippen LogP contribution in [0.15, 0.2) is 76.9 Å². The number of hydrogen-bond donors (Lipinski definition) is 1. The van der Waals surface area contributed by atoms with Gasteiger partial charge in [0.15, 0.2) is 0 Å². The molecule has 2 atom stereocenters. The van der Waals surface area contributed by atoms with Gasteiger partial charge in [-0.3, -0.25) is 0 Å². The Kier molecular flexibility index (Phi) is 5.64. The first kappa shape index (κ1) is 21.8. The first-order valence-corrected chi connectivity index (χ1v) is 10.7. The zero-order valence-electron chi connectivity index (χ0n) is 18.5. The summed E-state index contributed by atoms with van der Waals surface area (Å²) in [4.78, 5) is 0. The van der Waals surface area contributed by atoms with Crippen LogP contribution in [0.25, 0.3) is 6.08 Å². The summed E-state index contributed by atoms with van der Waals surface area (Å²) in [6.45, 7) is 6.60. The molecule has 0 saturated carbocycles. The molecule has 2 aliphatic rings. The first-order valence-electron chi connectivity index (χ1n) is 10.7. The monoisotopic (exact) mass is 432 g/mol. The van der Waals surface area contributed by atoms with Crippen molar-refractivity contribution in [2.45, 2.75) is 39.5 Å². The minimum absolute atomic E-state index is 0.00722. The van der Waals surface area contributed by atoms with Crippen molar-refractivity contribution in [1.29, 1.82) is 5.26 Å². The molecule has 2 aromatic rings. The van der Waals surface area contributed by atoms with Crippen molar-refractivity contribution in [1.82, 2.24) is 0 Å². The Bertz CT molecular complexity index is 1160. The molecule has 4 rings (SSSR count). The van der Waals surface area contributed by atoms with Crippen LogP contribution in [0.4, 0.5) is 8.78 Å². The van der Waals surface area contributed by atoms with Crippen molar-refractivity contribution in [2.75, 3.05) is 0 Å². The first-order chi connectivity index (χ1) is 15.2. The van der Waals surface area contributed by atoms with Crippen molar-refractivity contribution >= 4 is 6.08 Å². The van der Waals surface area contributed by atoms with Crippen LogP contribution in [0.1, 0.15) is 50.7 Å². The van der Waals surface area contributed by atoms with Crippen molar-refractivity contribution in [2.24, 2.45) is 17.1 Å². The number of rotatable bonds is 2. The Balaban J connectivity index is 1.89. The lowest BCUT2D eigenvalue weighted by atomic mass is 9.66. The van der Waals surface area contributed by atoms with Crippen LogP contribution in [-0.4, -0.2) is 0 Å². The van der Waals surface area contributed by atoms with Crippen LogP contribution in [0.5, 0.6) is 0 Å². The fourth-order valence-corrected chi connectivity index (χ4v) is 4.50. The van der Waals surface area contributed by atoms with E-state index in [-0.39, 0.29) is 22.9 Å². The van der Waals surface area contributed by atoms with Gasteiger partial charge in [-0.1, -0.05) is 45.0 Å². The second-order valence-corrected chi connectivity index (χ2v) is 9.52. The summed E-state index contributed by atoms with van der Waals surface area (Å²) < 4.78 is 33.1. The third-order valence-electron chi connectivity index (χ3n) is 6.39. The van der Waals surface area contributed by atoms with Gasteiger partial charge in [0.2, 0.25) is 5.88 Å². The van der Waals surface area contributed by atoms with E-state index < -0.39 is 5.92 Å². The van der Waals surface area contributed by atoms with Crippen LogP contribution in [0, 0.1) is 34.3 Å². The third-order valence-corrected chi connectivity index (χ3v) is 6.39. The molecule has 0 aromatic heterocycles. The molecule has 5 heteroatoms. The predicted molar refractivity (Wildman–Crippen MR) is 121 cm³/mol. The summed E-state index contributed by atoms with van der Waals surface area (Å²) in [5.41, 5.74) is 10.1. The SMILES string of the molecule is CC(C)(C)C1CC2=C(OC(N)=C(C#N)C2c2ccc(F)cc2)/C(=C/c2ccc(F)cc2)C1. The van der Waals surface area contributed by atoms with Gasteiger partial charge < -0.3 is 10.5 Å². The maximum atomic E-state index is 13.6. The number of benzene rings is 2. The van der Waals surface area contributed by atoms with Gasteiger partial charge in [-0.25, -0.2) is 8.78 Å². The molecule has 1 aliphatic carbocycles. The average molecular weight is 433 g/mol.